The first-order valence-corrected chi connectivity index (χ1v) is 6.66. The second-order valence-corrected chi connectivity index (χ2v) is 5.08. The molecule has 0 radical (unpaired) electrons. The van der Waals surface area contributed by atoms with Gasteiger partial charge in [0, 0.05) is 29.8 Å². The van der Waals surface area contributed by atoms with Gasteiger partial charge in [-0.05, 0) is 34.5 Å². The van der Waals surface area contributed by atoms with E-state index in [1.54, 1.807) is 0 Å². The Balaban J connectivity index is 2.87. The highest BCUT2D eigenvalue weighted by Gasteiger charge is 2.16. The summed E-state index contributed by atoms with van der Waals surface area (Å²) in [5, 5.41) is 13.9. The first-order chi connectivity index (χ1) is 8.95. The van der Waals surface area contributed by atoms with E-state index in [1.807, 2.05) is 0 Å². The lowest BCUT2D eigenvalue weighted by Gasteiger charge is -2.09. The van der Waals surface area contributed by atoms with Crippen LogP contribution in [0.25, 0.3) is 0 Å². The van der Waals surface area contributed by atoms with Gasteiger partial charge in [-0.3, -0.25) is 14.9 Å². The van der Waals surface area contributed by atoms with Crippen molar-refractivity contribution in [1.29, 1.82) is 0 Å². The molecule has 0 saturated heterocycles. The average Bonchev–Trinajstić information content (AvgIpc) is 2.33. The van der Waals surface area contributed by atoms with Crippen LogP contribution in [-0.4, -0.2) is 22.6 Å². The minimum atomic E-state index is -0.679. The predicted octanol–water partition coefficient (Wildman–Crippen LogP) is 2.07. The molecule has 1 aromatic rings. The third-order valence-corrected chi connectivity index (χ3v) is 2.86. The molecule has 1 N–H and O–H groups in total. The second kappa shape index (κ2) is 7.20. The molecule has 19 heavy (non-hydrogen) atoms. The van der Waals surface area contributed by atoms with Gasteiger partial charge >= 0.3 is 11.2 Å². The summed E-state index contributed by atoms with van der Waals surface area (Å²) < 4.78 is 1.78. The Hall–Kier alpha value is -1.47. The van der Waals surface area contributed by atoms with E-state index in [-0.39, 0.29) is 6.54 Å². The monoisotopic (exact) mass is 329 g/mol. The second-order valence-electron chi connectivity index (χ2n) is 4.16. The fourth-order valence-electron chi connectivity index (χ4n) is 1.57. The smallest absolute Gasteiger partial charge is 0.313 e. The topological polar surface area (TPSA) is 77.2 Å². The summed E-state index contributed by atoms with van der Waals surface area (Å²) in [4.78, 5) is 21.9. The lowest BCUT2D eigenvalue weighted by Crippen LogP contribution is -2.26. The van der Waals surface area contributed by atoms with E-state index in [1.165, 1.54) is 16.8 Å². The van der Waals surface area contributed by atoms with Crippen LogP contribution in [0.2, 0.25) is 0 Å². The molecule has 1 heterocycles. The molecule has 0 fully saturated rings. The highest BCUT2D eigenvalue weighted by Crippen LogP contribution is 2.14. The first kappa shape index (κ1) is 15.6. The van der Waals surface area contributed by atoms with Gasteiger partial charge in [-0.1, -0.05) is 13.5 Å². The van der Waals surface area contributed by atoms with Crippen LogP contribution in [0.3, 0.4) is 0 Å². The van der Waals surface area contributed by atoms with Crippen molar-refractivity contribution in [2.75, 3.05) is 13.1 Å². The van der Waals surface area contributed by atoms with Crippen molar-refractivity contribution in [1.82, 2.24) is 9.88 Å². The van der Waals surface area contributed by atoms with E-state index in [4.69, 9.17) is 0 Å². The highest BCUT2D eigenvalue weighted by atomic mass is 79.9. The zero-order valence-electron chi connectivity index (χ0n) is 10.7. The van der Waals surface area contributed by atoms with E-state index in [2.05, 4.69) is 34.7 Å². The third kappa shape index (κ3) is 4.60. The summed E-state index contributed by atoms with van der Waals surface area (Å²) in [5.41, 5.74) is -0.267. The van der Waals surface area contributed by atoms with Crippen molar-refractivity contribution in [3.05, 3.63) is 49.4 Å². The summed E-state index contributed by atoms with van der Waals surface area (Å²) in [6, 6.07) is 1.21. The molecule has 0 unspecified atom stereocenters. The Kier molecular flexibility index (Phi) is 5.91. The number of rotatable bonds is 7. The van der Waals surface area contributed by atoms with Gasteiger partial charge in [0.05, 0.1) is 4.92 Å². The molecule has 0 bridgehead atoms. The van der Waals surface area contributed by atoms with Gasteiger partial charge < -0.3 is 9.88 Å². The molecule has 0 saturated carbocycles. The molecule has 0 aliphatic carbocycles. The average molecular weight is 330 g/mol. The zero-order chi connectivity index (χ0) is 14.4. The van der Waals surface area contributed by atoms with E-state index in [9.17, 15) is 14.9 Å². The van der Waals surface area contributed by atoms with E-state index in [0.29, 0.717) is 11.0 Å². The SMILES string of the molecule is C=C(CNCCC)Cn1cc(Br)cc([N+](=O)[O-])c1=O. The van der Waals surface area contributed by atoms with Crippen molar-refractivity contribution in [3.8, 4) is 0 Å². The molecule has 0 aliphatic heterocycles. The molecule has 0 amide bonds. The van der Waals surface area contributed by atoms with Crippen LogP contribution in [0.1, 0.15) is 13.3 Å². The van der Waals surface area contributed by atoms with Crippen LogP contribution in [0, 0.1) is 10.1 Å². The Bertz CT molecular complexity index is 540. The van der Waals surface area contributed by atoms with Crippen molar-refractivity contribution < 1.29 is 4.92 Å². The van der Waals surface area contributed by atoms with Crippen molar-refractivity contribution in [2.45, 2.75) is 19.9 Å². The van der Waals surface area contributed by atoms with Gasteiger partial charge in [-0.15, -0.1) is 0 Å². The number of hydrogen-bond acceptors (Lipinski definition) is 4. The van der Waals surface area contributed by atoms with Crippen molar-refractivity contribution in [3.63, 3.8) is 0 Å². The number of aromatic nitrogens is 1. The molecule has 0 atom stereocenters. The lowest BCUT2D eigenvalue weighted by molar-refractivity contribution is -0.386. The molecule has 104 valence electrons. The Morgan fingerprint density at radius 2 is 2.32 bits per heavy atom. The quantitative estimate of drug-likeness (QED) is 0.359. The standard InChI is InChI=1S/C12H16BrN3O3/c1-3-4-14-6-9(2)7-15-8-10(13)5-11(12(15)17)16(18)19/h5,8,14H,2-4,6-7H2,1H3. The summed E-state index contributed by atoms with van der Waals surface area (Å²) in [5.74, 6) is 0. The molecular formula is C12H16BrN3O3. The number of halogens is 1. The number of nitrogens with zero attached hydrogens (tertiary/aromatic N) is 2. The van der Waals surface area contributed by atoms with Crippen LogP contribution in [0.4, 0.5) is 5.69 Å². The summed E-state index contributed by atoms with van der Waals surface area (Å²) >= 11 is 3.16. The van der Waals surface area contributed by atoms with Crippen LogP contribution in [0.5, 0.6) is 0 Å². The Morgan fingerprint density at radius 3 is 2.89 bits per heavy atom. The largest absolute Gasteiger partial charge is 0.335 e. The normalized spacial score (nSPS) is 10.4. The summed E-state index contributed by atoms with van der Waals surface area (Å²) in [6.45, 7) is 7.62. The van der Waals surface area contributed by atoms with Gasteiger partial charge in [0.25, 0.3) is 0 Å². The number of nitro groups is 1. The highest BCUT2D eigenvalue weighted by molar-refractivity contribution is 9.10. The van der Waals surface area contributed by atoms with Crippen molar-refractivity contribution >= 4 is 21.6 Å². The van der Waals surface area contributed by atoms with Gasteiger partial charge in [0.15, 0.2) is 0 Å². The van der Waals surface area contributed by atoms with Gasteiger partial charge in [-0.25, -0.2) is 0 Å². The van der Waals surface area contributed by atoms with E-state index < -0.39 is 16.2 Å². The van der Waals surface area contributed by atoms with E-state index in [0.717, 1.165) is 18.5 Å². The maximum absolute atomic E-state index is 11.9. The summed E-state index contributed by atoms with van der Waals surface area (Å²) in [7, 11) is 0. The number of pyridine rings is 1. The predicted molar refractivity (Wildman–Crippen MR) is 77.4 cm³/mol. The minimum absolute atomic E-state index is 0.260. The van der Waals surface area contributed by atoms with Crippen LogP contribution < -0.4 is 10.9 Å². The van der Waals surface area contributed by atoms with Crippen LogP contribution >= 0.6 is 15.9 Å². The third-order valence-electron chi connectivity index (χ3n) is 2.43. The molecule has 0 aliphatic rings. The minimum Gasteiger partial charge on any atom is -0.313 e. The molecule has 1 aromatic heterocycles. The summed E-state index contributed by atoms with van der Waals surface area (Å²) in [6.07, 6.45) is 2.54. The molecule has 7 heteroatoms. The van der Waals surface area contributed by atoms with Crippen LogP contribution in [0.15, 0.2) is 33.7 Å². The first-order valence-electron chi connectivity index (χ1n) is 5.87. The fourth-order valence-corrected chi connectivity index (χ4v) is 2.04. The van der Waals surface area contributed by atoms with Gasteiger partial charge in [0.1, 0.15) is 0 Å². The molecule has 1 rings (SSSR count). The fraction of sp³-hybridized carbons (Fsp3) is 0.417. The Labute approximate surface area is 119 Å². The molecule has 6 nitrogen and oxygen atoms in total. The molecule has 0 spiro atoms. The number of hydrogen-bond donors (Lipinski definition) is 1. The lowest BCUT2D eigenvalue weighted by atomic mass is 10.3. The molecule has 0 aromatic carbocycles. The maximum atomic E-state index is 11.9. The van der Waals surface area contributed by atoms with Gasteiger partial charge in [0.2, 0.25) is 0 Å². The Morgan fingerprint density at radius 1 is 1.63 bits per heavy atom. The van der Waals surface area contributed by atoms with Crippen LogP contribution in [-0.2, 0) is 6.54 Å². The van der Waals surface area contributed by atoms with E-state index >= 15 is 0 Å². The molecular weight excluding hydrogens is 314 g/mol. The number of nitrogens with one attached hydrogen (secondary N) is 1. The zero-order valence-corrected chi connectivity index (χ0v) is 12.3. The maximum Gasteiger partial charge on any atom is 0.335 e. The van der Waals surface area contributed by atoms with Crippen molar-refractivity contribution in [2.24, 2.45) is 0 Å². The van der Waals surface area contributed by atoms with Gasteiger partial charge in [-0.2, -0.15) is 0 Å².